The lowest BCUT2D eigenvalue weighted by Gasteiger charge is -1.97. The number of rotatable bonds is 2. The molecule has 0 aliphatic heterocycles. The van der Waals surface area contributed by atoms with Crippen LogP contribution in [0.4, 0.5) is 4.79 Å². The zero-order valence-corrected chi connectivity index (χ0v) is 9.66. The van der Waals surface area contributed by atoms with Crippen LogP contribution < -0.4 is 5.73 Å². The molecular formula is C8H11N3O5S. The first-order valence-electron chi connectivity index (χ1n) is 4.18. The Hall–Kier alpha value is -2.00. The molecule has 0 radical (unpaired) electrons. The molecule has 0 aliphatic carbocycles. The third-order valence-corrected chi connectivity index (χ3v) is 2.35. The van der Waals surface area contributed by atoms with Gasteiger partial charge < -0.3 is 5.73 Å². The molecule has 3 N–H and O–H groups in total. The molecular weight excluding hydrogens is 250 g/mol. The first-order valence-corrected chi connectivity index (χ1v) is 5.62. The summed E-state index contributed by atoms with van der Waals surface area (Å²) in [6.45, 7) is 0. The number of nitrogens with two attached hydrogens (primary N) is 1. The highest BCUT2D eigenvalue weighted by molar-refractivity contribution is 7.85. The van der Waals surface area contributed by atoms with E-state index in [4.69, 9.17) is 4.55 Å². The summed E-state index contributed by atoms with van der Waals surface area (Å²) in [6.07, 6.45) is 0. The average molecular weight is 261 g/mol. The molecule has 0 bridgehead atoms. The van der Waals surface area contributed by atoms with Crippen LogP contribution in [0, 0.1) is 4.91 Å². The number of amides is 2. The highest BCUT2D eigenvalue weighted by atomic mass is 32.2. The predicted octanol–water partition coefficient (Wildman–Crippen LogP) is 0.612. The Labute approximate surface area is 97.7 Å². The summed E-state index contributed by atoms with van der Waals surface area (Å²) >= 11 is 0. The molecule has 2 amide bonds. The molecule has 0 fully saturated rings. The van der Waals surface area contributed by atoms with Crippen LogP contribution in [0.1, 0.15) is 0 Å². The molecule has 0 saturated heterocycles. The summed E-state index contributed by atoms with van der Waals surface area (Å²) in [5.41, 5.74) is 4.54. The molecule has 1 rings (SSSR count). The molecule has 8 nitrogen and oxygen atoms in total. The topological polar surface area (TPSA) is 130 Å². The Kier molecular flexibility index (Phi) is 5.78. The van der Waals surface area contributed by atoms with Crippen molar-refractivity contribution in [3.8, 4) is 0 Å². The van der Waals surface area contributed by atoms with Gasteiger partial charge in [-0.1, -0.05) is 18.2 Å². The predicted molar refractivity (Wildman–Crippen MR) is 59.4 cm³/mol. The second kappa shape index (κ2) is 6.55. The van der Waals surface area contributed by atoms with E-state index < -0.39 is 16.1 Å². The number of hydrogen-bond acceptors (Lipinski definition) is 5. The summed E-state index contributed by atoms with van der Waals surface area (Å²) in [6, 6.07) is 6.57. The second-order valence-electron chi connectivity index (χ2n) is 2.73. The molecule has 0 aliphatic rings. The van der Waals surface area contributed by atoms with Gasteiger partial charge >= 0.3 is 6.03 Å². The lowest BCUT2D eigenvalue weighted by atomic mass is 10.4. The van der Waals surface area contributed by atoms with Gasteiger partial charge in [0.05, 0.1) is 10.2 Å². The number of urea groups is 1. The fourth-order valence-corrected chi connectivity index (χ4v) is 1.13. The van der Waals surface area contributed by atoms with Crippen LogP contribution in [0.15, 0.2) is 40.5 Å². The number of benzene rings is 1. The molecule has 94 valence electrons. The van der Waals surface area contributed by atoms with Gasteiger partial charge in [0.2, 0.25) is 0 Å². The van der Waals surface area contributed by atoms with Crippen LogP contribution in [-0.2, 0) is 10.1 Å². The van der Waals surface area contributed by atoms with E-state index in [9.17, 15) is 18.1 Å². The maximum Gasteiger partial charge on any atom is 0.337 e. The molecule has 1 aromatic rings. The smallest absolute Gasteiger partial charge is 0.337 e. The molecule has 0 spiro atoms. The van der Waals surface area contributed by atoms with Crippen LogP contribution in [0.25, 0.3) is 0 Å². The normalized spacial score (nSPS) is 9.76. The van der Waals surface area contributed by atoms with E-state index in [1.807, 2.05) is 0 Å². The van der Waals surface area contributed by atoms with E-state index in [1.165, 1.54) is 19.2 Å². The number of primary amides is 1. The number of carbonyl (C=O) groups is 1. The van der Waals surface area contributed by atoms with Crippen molar-refractivity contribution in [3.05, 3.63) is 35.2 Å². The van der Waals surface area contributed by atoms with Gasteiger partial charge in [-0.3, -0.25) is 4.55 Å². The Morgan fingerprint density at radius 1 is 1.35 bits per heavy atom. The first-order chi connectivity index (χ1) is 7.79. The maximum absolute atomic E-state index is 10.4. The monoisotopic (exact) mass is 261 g/mol. The quantitative estimate of drug-likeness (QED) is 0.457. The zero-order valence-electron chi connectivity index (χ0n) is 8.85. The third-order valence-electron chi connectivity index (χ3n) is 1.48. The van der Waals surface area contributed by atoms with Crippen LogP contribution in [-0.4, -0.2) is 31.1 Å². The molecule has 9 heteroatoms. The second-order valence-corrected chi connectivity index (χ2v) is 4.15. The van der Waals surface area contributed by atoms with Gasteiger partial charge in [0.15, 0.2) is 0 Å². The third kappa shape index (κ3) is 6.22. The van der Waals surface area contributed by atoms with Crippen molar-refractivity contribution in [1.82, 2.24) is 5.01 Å². The van der Waals surface area contributed by atoms with Crippen LogP contribution >= 0.6 is 0 Å². The van der Waals surface area contributed by atoms with Crippen molar-refractivity contribution in [2.24, 2.45) is 11.0 Å². The molecule has 0 heterocycles. The fourth-order valence-electron chi connectivity index (χ4n) is 0.633. The van der Waals surface area contributed by atoms with Crippen LogP contribution in [0.5, 0.6) is 0 Å². The molecule has 1 aromatic carbocycles. The highest BCUT2D eigenvalue weighted by Gasteiger charge is 2.05. The molecule has 0 atom stereocenters. The largest absolute Gasteiger partial charge is 0.350 e. The molecule has 0 unspecified atom stereocenters. The van der Waals surface area contributed by atoms with E-state index in [0.717, 1.165) is 0 Å². The summed E-state index contributed by atoms with van der Waals surface area (Å²) in [7, 11) is -2.83. The number of nitrogens with zero attached hydrogens (tertiary/aromatic N) is 2. The van der Waals surface area contributed by atoms with Crippen molar-refractivity contribution < 1.29 is 17.8 Å². The van der Waals surface area contributed by atoms with E-state index in [-0.39, 0.29) is 4.90 Å². The first kappa shape index (κ1) is 15.0. The van der Waals surface area contributed by atoms with Gasteiger partial charge in [-0.05, 0) is 12.1 Å². The van der Waals surface area contributed by atoms with Crippen molar-refractivity contribution in [3.63, 3.8) is 0 Å². The molecule has 0 aromatic heterocycles. The number of nitroso groups, excluding NO2 is 1. The van der Waals surface area contributed by atoms with E-state index in [1.54, 1.807) is 18.2 Å². The Morgan fingerprint density at radius 3 is 2.00 bits per heavy atom. The summed E-state index contributed by atoms with van der Waals surface area (Å²) in [4.78, 5) is 19.0. The lowest BCUT2D eigenvalue weighted by molar-refractivity contribution is 0.220. The number of hydrogen-bond donors (Lipinski definition) is 2. The van der Waals surface area contributed by atoms with Gasteiger partial charge in [0.25, 0.3) is 10.1 Å². The highest BCUT2D eigenvalue weighted by Crippen LogP contribution is 2.05. The standard InChI is InChI=1S/C6H6O3S.C2H5N3O2/c7-10(8,9)6-4-2-1-3-5-6;1-5(4-7)2(3)6/h1-5H,(H,7,8,9);1H3,(H2,3,6). The van der Waals surface area contributed by atoms with Crippen molar-refractivity contribution in [1.29, 1.82) is 0 Å². The van der Waals surface area contributed by atoms with Crippen molar-refractivity contribution in [2.75, 3.05) is 7.05 Å². The van der Waals surface area contributed by atoms with Gasteiger partial charge in [-0.2, -0.15) is 13.4 Å². The SMILES string of the molecule is CN(N=O)C(N)=O.O=S(=O)(O)c1ccccc1. The van der Waals surface area contributed by atoms with Gasteiger partial charge in [0.1, 0.15) is 0 Å². The van der Waals surface area contributed by atoms with E-state index in [0.29, 0.717) is 5.01 Å². The minimum atomic E-state index is -4.00. The Bertz CT molecular complexity index is 473. The van der Waals surface area contributed by atoms with Crippen LogP contribution in [0.2, 0.25) is 0 Å². The summed E-state index contributed by atoms with van der Waals surface area (Å²) < 4.78 is 29.2. The van der Waals surface area contributed by atoms with Gasteiger partial charge in [-0.25, -0.2) is 4.79 Å². The zero-order chi connectivity index (χ0) is 13.5. The van der Waals surface area contributed by atoms with Crippen molar-refractivity contribution in [2.45, 2.75) is 4.90 Å². The van der Waals surface area contributed by atoms with E-state index in [2.05, 4.69) is 11.0 Å². The minimum Gasteiger partial charge on any atom is -0.350 e. The summed E-state index contributed by atoms with van der Waals surface area (Å²) in [5.74, 6) is 0. The molecule has 0 saturated carbocycles. The van der Waals surface area contributed by atoms with Gasteiger partial charge in [-0.15, -0.1) is 4.91 Å². The summed E-state index contributed by atoms with van der Waals surface area (Å²) in [5, 5.41) is 2.70. The van der Waals surface area contributed by atoms with Gasteiger partial charge in [0, 0.05) is 7.05 Å². The average Bonchev–Trinajstić information content (AvgIpc) is 2.28. The van der Waals surface area contributed by atoms with Crippen LogP contribution in [0.3, 0.4) is 0 Å². The Balaban J connectivity index is 0.000000325. The Morgan fingerprint density at radius 2 is 1.82 bits per heavy atom. The minimum absolute atomic E-state index is 0.0741. The fraction of sp³-hybridized carbons (Fsp3) is 0.125. The maximum atomic E-state index is 10.4. The van der Waals surface area contributed by atoms with Crippen molar-refractivity contribution >= 4 is 16.1 Å². The van der Waals surface area contributed by atoms with E-state index >= 15 is 0 Å². The number of carbonyl (C=O) groups excluding carboxylic acids is 1. The lowest BCUT2D eigenvalue weighted by Crippen LogP contribution is -2.26. The molecule has 17 heavy (non-hydrogen) atoms.